The van der Waals surface area contributed by atoms with Gasteiger partial charge in [-0.05, 0) is 24.6 Å². The Morgan fingerprint density at radius 2 is 1.92 bits per heavy atom. The van der Waals surface area contributed by atoms with Crippen LogP contribution >= 0.6 is 0 Å². The zero-order valence-electron chi connectivity index (χ0n) is 7.96. The number of nitrogens with two attached hydrogens (primary N) is 2. The van der Waals surface area contributed by atoms with Crippen molar-refractivity contribution in [1.29, 1.82) is 0 Å². The second-order valence-corrected chi connectivity index (χ2v) is 3.26. The van der Waals surface area contributed by atoms with Crippen LogP contribution in [-0.2, 0) is 6.54 Å². The second-order valence-electron chi connectivity index (χ2n) is 3.26. The van der Waals surface area contributed by atoms with Gasteiger partial charge in [0.1, 0.15) is 0 Å². The van der Waals surface area contributed by atoms with Gasteiger partial charge in [-0.1, -0.05) is 12.1 Å². The molecule has 3 heteroatoms. The molecule has 5 N–H and O–H groups in total. The zero-order chi connectivity index (χ0) is 9.68. The molecule has 1 rings (SSSR count). The lowest BCUT2D eigenvalue weighted by Crippen LogP contribution is -2.25. The smallest absolute Gasteiger partial charge is 0.0340 e. The van der Waals surface area contributed by atoms with Gasteiger partial charge in [-0.25, -0.2) is 0 Å². The predicted molar refractivity (Wildman–Crippen MR) is 56.5 cm³/mol. The maximum Gasteiger partial charge on any atom is 0.0340 e. The van der Waals surface area contributed by atoms with E-state index in [2.05, 4.69) is 5.32 Å². The Kier molecular flexibility index (Phi) is 3.73. The van der Waals surface area contributed by atoms with Gasteiger partial charge in [0.25, 0.3) is 0 Å². The van der Waals surface area contributed by atoms with Gasteiger partial charge in [-0.15, -0.1) is 0 Å². The SMILES string of the molecule is CC(N)CNc1ccc(CN)cc1. The van der Waals surface area contributed by atoms with Crippen LogP contribution in [-0.4, -0.2) is 12.6 Å². The Hall–Kier alpha value is -1.06. The van der Waals surface area contributed by atoms with E-state index < -0.39 is 0 Å². The highest BCUT2D eigenvalue weighted by Gasteiger charge is 1.94. The van der Waals surface area contributed by atoms with E-state index >= 15 is 0 Å². The van der Waals surface area contributed by atoms with Crippen molar-refractivity contribution < 1.29 is 0 Å². The monoisotopic (exact) mass is 179 g/mol. The minimum absolute atomic E-state index is 0.175. The van der Waals surface area contributed by atoms with Crippen LogP contribution in [0.15, 0.2) is 24.3 Å². The van der Waals surface area contributed by atoms with Crippen LogP contribution in [0.2, 0.25) is 0 Å². The van der Waals surface area contributed by atoms with Gasteiger partial charge in [-0.3, -0.25) is 0 Å². The lowest BCUT2D eigenvalue weighted by atomic mass is 10.2. The summed E-state index contributed by atoms with van der Waals surface area (Å²) in [4.78, 5) is 0. The topological polar surface area (TPSA) is 64.1 Å². The van der Waals surface area contributed by atoms with E-state index in [1.54, 1.807) is 0 Å². The first-order chi connectivity index (χ1) is 6.22. The first-order valence-corrected chi connectivity index (χ1v) is 4.51. The van der Waals surface area contributed by atoms with E-state index in [1.807, 2.05) is 31.2 Å². The second kappa shape index (κ2) is 4.84. The molecule has 0 saturated carbocycles. The Labute approximate surface area is 79.1 Å². The van der Waals surface area contributed by atoms with Crippen LogP contribution in [0.3, 0.4) is 0 Å². The summed E-state index contributed by atoms with van der Waals surface area (Å²) < 4.78 is 0. The molecule has 0 saturated heterocycles. The molecule has 0 bridgehead atoms. The van der Waals surface area contributed by atoms with Crippen molar-refractivity contribution in [3.8, 4) is 0 Å². The largest absolute Gasteiger partial charge is 0.383 e. The molecule has 0 aliphatic heterocycles. The Morgan fingerprint density at radius 3 is 2.38 bits per heavy atom. The summed E-state index contributed by atoms with van der Waals surface area (Å²) in [5.74, 6) is 0. The number of hydrogen-bond acceptors (Lipinski definition) is 3. The Balaban J connectivity index is 2.49. The molecule has 3 nitrogen and oxygen atoms in total. The normalized spacial score (nSPS) is 12.5. The molecule has 0 amide bonds. The third kappa shape index (κ3) is 3.44. The van der Waals surface area contributed by atoms with E-state index in [0.29, 0.717) is 6.54 Å². The summed E-state index contributed by atoms with van der Waals surface area (Å²) >= 11 is 0. The van der Waals surface area contributed by atoms with E-state index in [9.17, 15) is 0 Å². The van der Waals surface area contributed by atoms with Gasteiger partial charge in [-0.2, -0.15) is 0 Å². The maximum atomic E-state index is 5.61. The molecule has 0 aromatic heterocycles. The lowest BCUT2D eigenvalue weighted by molar-refractivity contribution is 0.780. The number of anilines is 1. The first kappa shape index (κ1) is 10.0. The van der Waals surface area contributed by atoms with Crippen LogP contribution in [0, 0.1) is 0 Å². The zero-order valence-corrected chi connectivity index (χ0v) is 7.96. The summed E-state index contributed by atoms with van der Waals surface area (Å²) in [5, 5.41) is 3.23. The van der Waals surface area contributed by atoms with E-state index in [-0.39, 0.29) is 6.04 Å². The average molecular weight is 179 g/mol. The molecule has 13 heavy (non-hydrogen) atoms. The highest BCUT2D eigenvalue weighted by molar-refractivity contribution is 5.44. The van der Waals surface area contributed by atoms with E-state index in [0.717, 1.165) is 17.8 Å². The van der Waals surface area contributed by atoms with Gasteiger partial charge >= 0.3 is 0 Å². The highest BCUT2D eigenvalue weighted by Crippen LogP contribution is 2.08. The quantitative estimate of drug-likeness (QED) is 0.643. The molecule has 1 atom stereocenters. The number of rotatable bonds is 4. The molecule has 72 valence electrons. The lowest BCUT2D eigenvalue weighted by Gasteiger charge is -2.09. The minimum Gasteiger partial charge on any atom is -0.383 e. The first-order valence-electron chi connectivity index (χ1n) is 4.51. The van der Waals surface area contributed by atoms with Crippen molar-refractivity contribution in [3.63, 3.8) is 0 Å². The summed E-state index contributed by atoms with van der Waals surface area (Å²) in [6.45, 7) is 3.36. The summed E-state index contributed by atoms with van der Waals surface area (Å²) in [6, 6.07) is 8.25. The van der Waals surface area contributed by atoms with Crippen LogP contribution in [0.25, 0.3) is 0 Å². The minimum atomic E-state index is 0.175. The van der Waals surface area contributed by atoms with Gasteiger partial charge in [0.05, 0.1) is 0 Å². The van der Waals surface area contributed by atoms with Crippen molar-refractivity contribution in [1.82, 2.24) is 0 Å². The molecule has 0 fully saturated rings. The molecule has 0 radical (unpaired) electrons. The van der Waals surface area contributed by atoms with Crippen molar-refractivity contribution in [2.75, 3.05) is 11.9 Å². The standard InChI is InChI=1S/C10H17N3/c1-8(12)7-13-10-4-2-9(6-11)3-5-10/h2-5,8,13H,6-7,11-12H2,1H3. The van der Waals surface area contributed by atoms with E-state index in [1.165, 1.54) is 0 Å². The van der Waals surface area contributed by atoms with Crippen molar-refractivity contribution in [3.05, 3.63) is 29.8 Å². The Morgan fingerprint density at radius 1 is 1.31 bits per heavy atom. The van der Waals surface area contributed by atoms with Gasteiger partial charge in [0.2, 0.25) is 0 Å². The Bertz CT molecular complexity index is 241. The molecule has 0 aliphatic carbocycles. The fourth-order valence-corrected chi connectivity index (χ4v) is 1.04. The van der Waals surface area contributed by atoms with Gasteiger partial charge in [0, 0.05) is 24.8 Å². The van der Waals surface area contributed by atoms with Gasteiger partial charge in [0.15, 0.2) is 0 Å². The number of benzene rings is 1. The maximum absolute atomic E-state index is 5.61. The van der Waals surface area contributed by atoms with E-state index in [4.69, 9.17) is 11.5 Å². The summed E-state index contributed by atoms with van der Waals surface area (Å²) in [6.07, 6.45) is 0. The molecular weight excluding hydrogens is 162 g/mol. The predicted octanol–water partition coefficient (Wildman–Crippen LogP) is 0.904. The molecule has 1 unspecified atom stereocenters. The fraction of sp³-hybridized carbons (Fsp3) is 0.400. The summed E-state index contributed by atoms with van der Waals surface area (Å²) in [5.41, 5.74) is 13.3. The van der Waals surface area contributed by atoms with Crippen LogP contribution in [0.4, 0.5) is 5.69 Å². The van der Waals surface area contributed by atoms with Gasteiger partial charge < -0.3 is 16.8 Å². The number of nitrogens with one attached hydrogen (secondary N) is 1. The molecule has 0 aliphatic rings. The molecule has 0 spiro atoms. The van der Waals surface area contributed by atoms with Crippen molar-refractivity contribution in [2.45, 2.75) is 19.5 Å². The third-order valence-electron chi connectivity index (χ3n) is 1.82. The molecule has 0 heterocycles. The molecule has 1 aromatic carbocycles. The fourth-order valence-electron chi connectivity index (χ4n) is 1.04. The highest BCUT2D eigenvalue weighted by atomic mass is 14.9. The van der Waals surface area contributed by atoms with Crippen LogP contribution < -0.4 is 16.8 Å². The van der Waals surface area contributed by atoms with Crippen LogP contribution in [0.1, 0.15) is 12.5 Å². The van der Waals surface area contributed by atoms with Crippen LogP contribution in [0.5, 0.6) is 0 Å². The van der Waals surface area contributed by atoms with Crippen molar-refractivity contribution in [2.24, 2.45) is 11.5 Å². The molecular formula is C10H17N3. The summed E-state index contributed by atoms with van der Waals surface area (Å²) in [7, 11) is 0. The molecule has 1 aromatic rings. The number of hydrogen-bond donors (Lipinski definition) is 3. The average Bonchev–Trinajstić information content (AvgIpc) is 2.15. The third-order valence-corrected chi connectivity index (χ3v) is 1.82. The van der Waals surface area contributed by atoms with Crippen molar-refractivity contribution >= 4 is 5.69 Å².